The number of benzene rings is 1. The molecule has 8 heteroatoms. The standard InChI is InChI=1S/C20H23N3O4.ClH/c24-16-7-6-15(18(25)22-16)23-19(26)14-3-1-2-13(17(14)20(23)27)5-4-12-8-10-21-11-9-12;/h1-3,12,15,21H,4-11H2,(H,22,24,25);1H. The van der Waals surface area contributed by atoms with Crippen LogP contribution in [0.25, 0.3) is 0 Å². The zero-order valence-corrected chi connectivity index (χ0v) is 16.3. The number of aryl methyl sites for hydroxylation is 1. The number of nitrogens with one attached hydrogen (secondary N) is 2. The minimum Gasteiger partial charge on any atom is -0.317 e. The third-order valence-corrected chi connectivity index (χ3v) is 5.84. The van der Waals surface area contributed by atoms with Crippen LogP contribution in [0.5, 0.6) is 0 Å². The van der Waals surface area contributed by atoms with Gasteiger partial charge in [0.05, 0.1) is 11.1 Å². The van der Waals surface area contributed by atoms with Crippen LogP contribution in [0.1, 0.15) is 58.4 Å². The molecular formula is C20H24ClN3O4. The van der Waals surface area contributed by atoms with Crippen molar-refractivity contribution in [1.82, 2.24) is 15.5 Å². The summed E-state index contributed by atoms with van der Waals surface area (Å²) in [7, 11) is 0. The lowest BCUT2D eigenvalue weighted by Crippen LogP contribution is -2.54. The maximum Gasteiger partial charge on any atom is 0.262 e. The molecule has 0 aromatic heterocycles. The fraction of sp³-hybridized carbons (Fsp3) is 0.500. The molecule has 0 aliphatic carbocycles. The summed E-state index contributed by atoms with van der Waals surface area (Å²) in [6, 6.07) is 4.44. The number of fused-ring (bicyclic) bond motifs is 1. The van der Waals surface area contributed by atoms with Crippen molar-refractivity contribution in [2.24, 2.45) is 5.92 Å². The van der Waals surface area contributed by atoms with Crippen molar-refractivity contribution < 1.29 is 19.2 Å². The van der Waals surface area contributed by atoms with E-state index in [1.165, 1.54) is 0 Å². The first-order chi connectivity index (χ1) is 13.1. The molecule has 0 saturated carbocycles. The van der Waals surface area contributed by atoms with Crippen LogP contribution in [0.3, 0.4) is 0 Å². The molecule has 1 aromatic carbocycles. The molecule has 1 atom stereocenters. The summed E-state index contributed by atoms with van der Waals surface area (Å²) in [6.07, 6.45) is 4.30. The largest absolute Gasteiger partial charge is 0.317 e. The Morgan fingerprint density at radius 2 is 1.75 bits per heavy atom. The molecule has 2 saturated heterocycles. The third kappa shape index (κ3) is 3.69. The number of hydrogen-bond donors (Lipinski definition) is 2. The van der Waals surface area contributed by atoms with E-state index in [9.17, 15) is 19.2 Å². The predicted molar refractivity (Wildman–Crippen MR) is 104 cm³/mol. The minimum atomic E-state index is -0.910. The molecule has 7 nitrogen and oxygen atoms in total. The van der Waals surface area contributed by atoms with Crippen molar-refractivity contribution in [3.63, 3.8) is 0 Å². The number of nitrogens with zero attached hydrogens (tertiary/aromatic N) is 1. The minimum absolute atomic E-state index is 0. The summed E-state index contributed by atoms with van der Waals surface area (Å²) in [5.74, 6) is -1.16. The molecule has 28 heavy (non-hydrogen) atoms. The molecule has 3 aliphatic heterocycles. The monoisotopic (exact) mass is 405 g/mol. The highest BCUT2D eigenvalue weighted by Crippen LogP contribution is 2.31. The number of carbonyl (C=O) groups excluding carboxylic acids is 4. The van der Waals surface area contributed by atoms with E-state index in [2.05, 4.69) is 10.6 Å². The van der Waals surface area contributed by atoms with Gasteiger partial charge in [-0.25, -0.2) is 0 Å². The number of halogens is 1. The quantitative estimate of drug-likeness (QED) is 0.739. The Morgan fingerprint density at radius 3 is 2.46 bits per heavy atom. The second-order valence-corrected chi connectivity index (χ2v) is 7.52. The Labute approximate surface area is 169 Å². The molecule has 2 fully saturated rings. The van der Waals surface area contributed by atoms with Crippen LogP contribution in [0, 0.1) is 5.92 Å². The molecule has 1 unspecified atom stereocenters. The lowest BCUT2D eigenvalue weighted by Gasteiger charge is -2.27. The van der Waals surface area contributed by atoms with Gasteiger partial charge in [0.25, 0.3) is 11.8 Å². The highest BCUT2D eigenvalue weighted by Gasteiger charge is 2.45. The van der Waals surface area contributed by atoms with Gasteiger partial charge in [0.2, 0.25) is 11.8 Å². The average Bonchev–Trinajstić information content (AvgIpc) is 2.93. The van der Waals surface area contributed by atoms with Crippen molar-refractivity contribution in [2.75, 3.05) is 13.1 Å². The molecule has 0 spiro atoms. The molecule has 150 valence electrons. The highest BCUT2D eigenvalue weighted by atomic mass is 35.5. The fourth-order valence-corrected chi connectivity index (χ4v) is 4.32. The number of rotatable bonds is 4. The topological polar surface area (TPSA) is 95.6 Å². The van der Waals surface area contributed by atoms with Gasteiger partial charge in [-0.2, -0.15) is 0 Å². The van der Waals surface area contributed by atoms with Crippen LogP contribution in [0.15, 0.2) is 18.2 Å². The fourth-order valence-electron chi connectivity index (χ4n) is 4.32. The van der Waals surface area contributed by atoms with Gasteiger partial charge in [-0.15, -0.1) is 12.4 Å². The maximum absolute atomic E-state index is 13.0. The van der Waals surface area contributed by atoms with E-state index in [0.717, 1.165) is 49.2 Å². The Bertz CT molecular complexity index is 820. The van der Waals surface area contributed by atoms with E-state index in [1.54, 1.807) is 12.1 Å². The molecule has 1 aromatic rings. The predicted octanol–water partition coefficient (Wildman–Crippen LogP) is 1.44. The summed E-state index contributed by atoms with van der Waals surface area (Å²) in [5, 5.41) is 5.58. The van der Waals surface area contributed by atoms with Crippen LogP contribution in [-0.4, -0.2) is 47.7 Å². The number of imide groups is 2. The van der Waals surface area contributed by atoms with Crippen molar-refractivity contribution in [3.05, 3.63) is 34.9 Å². The van der Waals surface area contributed by atoms with Gasteiger partial charge in [-0.3, -0.25) is 29.4 Å². The van der Waals surface area contributed by atoms with Gasteiger partial charge in [0, 0.05) is 6.42 Å². The normalized spacial score (nSPS) is 22.7. The van der Waals surface area contributed by atoms with Crippen LogP contribution < -0.4 is 10.6 Å². The van der Waals surface area contributed by atoms with E-state index in [1.807, 2.05) is 6.07 Å². The van der Waals surface area contributed by atoms with E-state index in [0.29, 0.717) is 17.0 Å². The first-order valence-electron chi connectivity index (χ1n) is 9.60. The van der Waals surface area contributed by atoms with Crippen molar-refractivity contribution in [1.29, 1.82) is 0 Å². The van der Waals surface area contributed by atoms with Gasteiger partial charge in [0.15, 0.2) is 0 Å². The summed E-state index contributed by atoms with van der Waals surface area (Å²) in [6.45, 7) is 2.05. The Kier molecular flexibility index (Phi) is 6.15. The summed E-state index contributed by atoms with van der Waals surface area (Å²) in [5.41, 5.74) is 1.67. The van der Waals surface area contributed by atoms with Crippen LogP contribution >= 0.6 is 12.4 Å². The van der Waals surface area contributed by atoms with Gasteiger partial charge in [0.1, 0.15) is 6.04 Å². The van der Waals surface area contributed by atoms with Gasteiger partial charge >= 0.3 is 0 Å². The zero-order valence-electron chi connectivity index (χ0n) is 15.5. The number of carbonyl (C=O) groups is 4. The Hall–Kier alpha value is -2.25. The first kappa shape index (κ1) is 20.5. The van der Waals surface area contributed by atoms with Crippen LogP contribution in [-0.2, 0) is 16.0 Å². The summed E-state index contributed by atoms with van der Waals surface area (Å²) >= 11 is 0. The molecule has 3 heterocycles. The van der Waals surface area contributed by atoms with E-state index in [4.69, 9.17) is 0 Å². The first-order valence-corrected chi connectivity index (χ1v) is 9.60. The molecule has 3 aliphatic rings. The molecular weight excluding hydrogens is 382 g/mol. The van der Waals surface area contributed by atoms with Crippen molar-refractivity contribution >= 4 is 36.0 Å². The second kappa shape index (κ2) is 8.41. The van der Waals surface area contributed by atoms with E-state index in [-0.39, 0.29) is 31.2 Å². The molecule has 0 radical (unpaired) electrons. The van der Waals surface area contributed by atoms with Crippen molar-refractivity contribution in [3.8, 4) is 0 Å². The van der Waals surface area contributed by atoms with E-state index < -0.39 is 23.8 Å². The average molecular weight is 406 g/mol. The second-order valence-electron chi connectivity index (χ2n) is 7.52. The number of piperidine rings is 2. The van der Waals surface area contributed by atoms with Crippen LogP contribution in [0.2, 0.25) is 0 Å². The van der Waals surface area contributed by atoms with Gasteiger partial charge < -0.3 is 5.32 Å². The summed E-state index contributed by atoms with van der Waals surface area (Å²) in [4.78, 5) is 50.4. The lowest BCUT2D eigenvalue weighted by atomic mass is 9.89. The van der Waals surface area contributed by atoms with Crippen LogP contribution in [0.4, 0.5) is 0 Å². The zero-order chi connectivity index (χ0) is 19.0. The smallest absolute Gasteiger partial charge is 0.262 e. The lowest BCUT2D eigenvalue weighted by molar-refractivity contribution is -0.136. The van der Waals surface area contributed by atoms with Gasteiger partial charge in [-0.1, -0.05) is 12.1 Å². The number of amides is 4. The highest BCUT2D eigenvalue weighted by molar-refractivity contribution is 6.24. The molecule has 4 rings (SSSR count). The Morgan fingerprint density at radius 1 is 1.00 bits per heavy atom. The maximum atomic E-state index is 13.0. The molecule has 4 amide bonds. The third-order valence-electron chi connectivity index (χ3n) is 5.84. The van der Waals surface area contributed by atoms with E-state index >= 15 is 0 Å². The molecule has 0 bridgehead atoms. The van der Waals surface area contributed by atoms with Crippen molar-refractivity contribution in [2.45, 2.75) is 44.6 Å². The SMILES string of the molecule is Cl.O=C1CCC(N2C(=O)c3cccc(CCC4CCNCC4)c3C2=O)C(=O)N1. The number of hydrogen-bond acceptors (Lipinski definition) is 5. The van der Waals surface area contributed by atoms with Gasteiger partial charge in [-0.05, 0) is 62.7 Å². The summed E-state index contributed by atoms with van der Waals surface area (Å²) < 4.78 is 0. The molecule has 2 N–H and O–H groups in total. The Balaban J connectivity index is 0.00000225.